The molecule has 2 saturated heterocycles. The molecule has 0 spiro atoms. The lowest BCUT2D eigenvalue weighted by molar-refractivity contribution is 0.383. The highest BCUT2D eigenvalue weighted by atomic mass is 32.2. The normalized spacial score (nSPS) is 18.2. The summed E-state index contributed by atoms with van der Waals surface area (Å²) in [6, 6.07) is 4.76. The van der Waals surface area contributed by atoms with E-state index in [2.05, 4.69) is 14.8 Å². The average molecular weight is 438 g/mol. The molecule has 0 aliphatic carbocycles. The van der Waals surface area contributed by atoms with Crippen LogP contribution in [0.15, 0.2) is 24.3 Å². The lowest BCUT2D eigenvalue weighted by atomic mass is 10.2. The minimum absolute atomic E-state index is 0.108. The molecule has 1 aromatic carbocycles. The smallest absolute Gasteiger partial charge is 0.227 e. The number of anilines is 2. The topological polar surface area (TPSA) is 69.6 Å². The van der Waals surface area contributed by atoms with Gasteiger partial charge in [0.05, 0.1) is 5.75 Å². The second-order valence-corrected chi connectivity index (χ2v) is 9.75. The van der Waals surface area contributed by atoms with E-state index in [4.69, 9.17) is 4.98 Å². The van der Waals surface area contributed by atoms with Gasteiger partial charge in [-0.05, 0) is 37.5 Å². The Morgan fingerprint density at radius 3 is 2.13 bits per heavy atom. The van der Waals surface area contributed by atoms with Crippen LogP contribution in [0.2, 0.25) is 0 Å². The van der Waals surface area contributed by atoms with Crippen molar-refractivity contribution in [3.8, 4) is 0 Å². The summed E-state index contributed by atoms with van der Waals surface area (Å²) in [7, 11) is -3.67. The fourth-order valence-corrected chi connectivity index (χ4v) is 5.44. The first-order valence-electron chi connectivity index (χ1n) is 10.1. The predicted octanol–water partition coefficient (Wildman–Crippen LogP) is 2.32. The van der Waals surface area contributed by atoms with E-state index in [0.717, 1.165) is 61.6 Å². The number of piperazine rings is 1. The van der Waals surface area contributed by atoms with E-state index < -0.39 is 27.4 Å². The number of aryl methyl sites for hydroxylation is 1. The lowest BCUT2D eigenvalue weighted by Crippen LogP contribution is -2.49. The van der Waals surface area contributed by atoms with Gasteiger partial charge in [0, 0.05) is 57.1 Å². The third kappa shape index (κ3) is 4.70. The maximum Gasteiger partial charge on any atom is 0.227 e. The van der Waals surface area contributed by atoms with Gasteiger partial charge < -0.3 is 9.80 Å². The van der Waals surface area contributed by atoms with Gasteiger partial charge in [0.2, 0.25) is 16.0 Å². The summed E-state index contributed by atoms with van der Waals surface area (Å²) in [5, 5.41) is 0. The fraction of sp³-hybridized carbons (Fsp3) is 0.500. The fourth-order valence-electron chi connectivity index (χ4n) is 3.95. The zero-order chi connectivity index (χ0) is 21.3. The van der Waals surface area contributed by atoms with Gasteiger partial charge in [0.25, 0.3) is 0 Å². The Bertz CT molecular complexity index is 1000. The Morgan fingerprint density at radius 1 is 0.867 bits per heavy atom. The van der Waals surface area contributed by atoms with Crippen LogP contribution in [0.1, 0.15) is 24.1 Å². The highest BCUT2D eigenvalue weighted by Crippen LogP contribution is 2.23. The molecule has 2 aromatic rings. The maximum atomic E-state index is 13.4. The van der Waals surface area contributed by atoms with Gasteiger partial charge in [0.15, 0.2) is 0 Å². The van der Waals surface area contributed by atoms with Gasteiger partial charge in [-0.3, -0.25) is 0 Å². The van der Waals surface area contributed by atoms with Crippen LogP contribution in [0, 0.1) is 18.6 Å². The molecule has 7 nitrogen and oxygen atoms in total. The van der Waals surface area contributed by atoms with E-state index >= 15 is 0 Å². The summed E-state index contributed by atoms with van der Waals surface area (Å²) >= 11 is 0. The summed E-state index contributed by atoms with van der Waals surface area (Å²) in [6.45, 7) is 5.42. The van der Waals surface area contributed by atoms with Gasteiger partial charge >= 0.3 is 0 Å². The van der Waals surface area contributed by atoms with Crippen molar-refractivity contribution < 1.29 is 17.2 Å². The second kappa shape index (κ2) is 8.43. The van der Waals surface area contributed by atoms with Gasteiger partial charge in [-0.15, -0.1) is 0 Å². The molecule has 0 atom stereocenters. The standard InChI is InChI=1S/C20H25F2N5O2S/c1-15-10-19(24-20(23-15)26-4-2-3-5-26)25-6-8-27(9-7-25)30(28,29)14-16-11-17(21)13-18(22)12-16/h10-13H,2-9,14H2,1H3. The minimum atomic E-state index is -3.67. The van der Waals surface area contributed by atoms with Crippen molar-refractivity contribution >= 4 is 21.8 Å². The zero-order valence-electron chi connectivity index (χ0n) is 16.9. The van der Waals surface area contributed by atoms with Crippen LogP contribution in [0.25, 0.3) is 0 Å². The number of sulfonamides is 1. The molecule has 0 saturated carbocycles. The van der Waals surface area contributed by atoms with Gasteiger partial charge in [-0.2, -0.15) is 9.29 Å². The van der Waals surface area contributed by atoms with Crippen LogP contribution in [0.4, 0.5) is 20.5 Å². The van der Waals surface area contributed by atoms with Crippen molar-refractivity contribution in [1.82, 2.24) is 14.3 Å². The molecule has 162 valence electrons. The van der Waals surface area contributed by atoms with Crippen molar-refractivity contribution in [3.63, 3.8) is 0 Å². The van der Waals surface area contributed by atoms with Gasteiger partial charge in [-0.25, -0.2) is 22.2 Å². The number of rotatable bonds is 5. The summed E-state index contributed by atoms with van der Waals surface area (Å²) in [4.78, 5) is 13.5. The molecular formula is C20H25F2N5O2S. The van der Waals surface area contributed by atoms with Crippen molar-refractivity contribution in [1.29, 1.82) is 0 Å². The van der Waals surface area contributed by atoms with E-state index in [-0.39, 0.29) is 5.56 Å². The highest BCUT2D eigenvalue weighted by molar-refractivity contribution is 7.88. The highest BCUT2D eigenvalue weighted by Gasteiger charge is 2.28. The van der Waals surface area contributed by atoms with Crippen LogP contribution in [0.3, 0.4) is 0 Å². The summed E-state index contributed by atoms with van der Waals surface area (Å²) in [5.41, 5.74) is 0.988. The lowest BCUT2D eigenvalue weighted by Gasteiger charge is -2.35. The quantitative estimate of drug-likeness (QED) is 0.715. The Balaban J connectivity index is 1.43. The molecule has 0 N–H and O–H groups in total. The Hall–Kier alpha value is -2.33. The molecule has 0 radical (unpaired) electrons. The van der Waals surface area contributed by atoms with Crippen LogP contribution in [-0.4, -0.2) is 62.0 Å². The van der Waals surface area contributed by atoms with E-state index in [1.165, 1.54) is 4.31 Å². The number of hydrogen-bond acceptors (Lipinski definition) is 6. The van der Waals surface area contributed by atoms with Crippen molar-refractivity contribution in [2.75, 3.05) is 49.1 Å². The molecular weight excluding hydrogens is 412 g/mol. The van der Waals surface area contributed by atoms with Crippen LogP contribution >= 0.6 is 0 Å². The molecule has 30 heavy (non-hydrogen) atoms. The Morgan fingerprint density at radius 2 is 1.50 bits per heavy atom. The molecule has 2 fully saturated rings. The number of hydrogen-bond donors (Lipinski definition) is 0. The molecule has 0 unspecified atom stereocenters. The SMILES string of the molecule is Cc1cc(N2CCN(S(=O)(=O)Cc3cc(F)cc(F)c3)CC2)nc(N2CCCC2)n1. The molecule has 0 amide bonds. The average Bonchev–Trinajstić information content (AvgIpc) is 3.21. The van der Waals surface area contributed by atoms with E-state index in [9.17, 15) is 17.2 Å². The minimum Gasteiger partial charge on any atom is -0.354 e. The van der Waals surface area contributed by atoms with Crippen LogP contribution in [-0.2, 0) is 15.8 Å². The number of aromatic nitrogens is 2. The van der Waals surface area contributed by atoms with Crippen molar-refractivity contribution in [2.24, 2.45) is 0 Å². The van der Waals surface area contributed by atoms with Crippen LogP contribution < -0.4 is 9.80 Å². The number of benzene rings is 1. The molecule has 1 aromatic heterocycles. The van der Waals surface area contributed by atoms with E-state index in [0.29, 0.717) is 26.2 Å². The summed E-state index contributed by atoms with van der Waals surface area (Å²) < 4.78 is 53.6. The maximum absolute atomic E-state index is 13.4. The van der Waals surface area contributed by atoms with Crippen molar-refractivity contribution in [3.05, 3.63) is 47.2 Å². The monoisotopic (exact) mass is 437 g/mol. The van der Waals surface area contributed by atoms with Crippen LogP contribution in [0.5, 0.6) is 0 Å². The first kappa shape index (κ1) is 20.9. The molecule has 2 aliphatic heterocycles. The van der Waals surface area contributed by atoms with E-state index in [1.54, 1.807) is 0 Å². The third-order valence-electron chi connectivity index (χ3n) is 5.45. The molecule has 0 bridgehead atoms. The number of halogens is 2. The Kier molecular flexibility index (Phi) is 5.88. The largest absolute Gasteiger partial charge is 0.354 e. The van der Waals surface area contributed by atoms with Gasteiger partial charge in [-0.1, -0.05) is 0 Å². The first-order valence-corrected chi connectivity index (χ1v) is 11.7. The molecule has 10 heteroatoms. The van der Waals surface area contributed by atoms with E-state index in [1.807, 2.05) is 13.0 Å². The molecule has 2 aliphatic rings. The van der Waals surface area contributed by atoms with Gasteiger partial charge in [0.1, 0.15) is 17.5 Å². The Labute approximate surface area is 175 Å². The molecule has 3 heterocycles. The second-order valence-electron chi connectivity index (χ2n) is 7.78. The molecule has 4 rings (SSSR count). The first-order chi connectivity index (χ1) is 14.3. The van der Waals surface area contributed by atoms with Crippen molar-refractivity contribution in [2.45, 2.75) is 25.5 Å². The third-order valence-corrected chi connectivity index (χ3v) is 7.30. The predicted molar refractivity (Wildman–Crippen MR) is 111 cm³/mol. The zero-order valence-corrected chi connectivity index (χ0v) is 17.7. The number of nitrogens with zero attached hydrogens (tertiary/aromatic N) is 5. The summed E-state index contributed by atoms with van der Waals surface area (Å²) in [5.74, 6) is -0.455. The summed E-state index contributed by atoms with van der Waals surface area (Å²) in [6.07, 6.45) is 2.27.